The summed E-state index contributed by atoms with van der Waals surface area (Å²) in [4.78, 5) is 11.6. The van der Waals surface area contributed by atoms with Gasteiger partial charge in [0.25, 0.3) is 0 Å². The normalized spacial score (nSPS) is 24.1. The monoisotopic (exact) mass is 261 g/mol. The van der Waals surface area contributed by atoms with Gasteiger partial charge in [-0.15, -0.1) is 11.6 Å². The summed E-state index contributed by atoms with van der Waals surface area (Å²) in [6.45, 7) is 6.58. The number of aliphatic hydroxyl groups is 1. The molecule has 17 heavy (non-hydrogen) atoms. The SMILES string of the molecule is CC(CCl)C(=O)NCC1(O)CCC(C)(C)CC1. The Hall–Kier alpha value is -0.280. The Morgan fingerprint density at radius 3 is 2.35 bits per heavy atom. The van der Waals surface area contributed by atoms with Crippen LogP contribution in [0.5, 0.6) is 0 Å². The van der Waals surface area contributed by atoms with Crippen LogP contribution < -0.4 is 5.32 Å². The first-order valence-corrected chi connectivity index (χ1v) is 6.88. The first-order chi connectivity index (χ1) is 7.78. The fraction of sp³-hybridized carbons (Fsp3) is 0.923. The molecule has 0 spiro atoms. The molecule has 1 rings (SSSR count). The lowest BCUT2D eigenvalue weighted by Crippen LogP contribution is -2.47. The van der Waals surface area contributed by atoms with Gasteiger partial charge in [0.05, 0.1) is 5.60 Å². The van der Waals surface area contributed by atoms with Crippen molar-refractivity contribution in [3.63, 3.8) is 0 Å². The van der Waals surface area contributed by atoms with Crippen molar-refractivity contribution in [2.45, 2.75) is 52.1 Å². The van der Waals surface area contributed by atoms with Crippen molar-refractivity contribution in [3.05, 3.63) is 0 Å². The van der Waals surface area contributed by atoms with Gasteiger partial charge in [-0.1, -0.05) is 20.8 Å². The van der Waals surface area contributed by atoms with Crippen molar-refractivity contribution in [2.75, 3.05) is 12.4 Å². The molecule has 0 aromatic carbocycles. The predicted octanol–water partition coefficient (Wildman–Crippen LogP) is 2.31. The summed E-state index contributed by atoms with van der Waals surface area (Å²) in [5.41, 5.74) is -0.406. The molecular formula is C13H24ClNO2. The zero-order valence-corrected chi connectivity index (χ0v) is 11.8. The standard InChI is InChI=1S/C13H24ClNO2/c1-10(8-14)11(16)15-9-13(17)6-4-12(2,3)5-7-13/h10,17H,4-9H2,1-3H3,(H,15,16). The Morgan fingerprint density at radius 1 is 1.35 bits per heavy atom. The largest absolute Gasteiger partial charge is 0.388 e. The van der Waals surface area contributed by atoms with Crippen LogP contribution in [0.25, 0.3) is 0 Å². The molecule has 1 aliphatic rings. The molecule has 2 N–H and O–H groups in total. The van der Waals surface area contributed by atoms with E-state index in [2.05, 4.69) is 19.2 Å². The van der Waals surface area contributed by atoms with E-state index in [1.165, 1.54) is 0 Å². The summed E-state index contributed by atoms with van der Waals surface area (Å²) in [5.74, 6) is 0.0515. The molecule has 1 amide bonds. The molecule has 0 bridgehead atoms. The highest BCUT2D eigenvalue weighted by atomic mass is 35.5. The Morgan fingerprint density at radius 2 is 1.88 bits per heavy atom. The first-order valence-electron chi connectivity index (χ1n) is 6.34. The summed E-state index contributed by atoms with van der Waals surface area (Å²) in [6.07, 6.45) is 3.53. The maximum absolute atomic E-state index is 11.6. The van der Waals surface area contributed by atoms with E-state index in [1.807, 2.05) is 0 Å². The predicted molar refractivity (Wildman–Crippen MR) is 70.1 cm³/mol. The number of alkyl halides is 1. The van der Waals surface area contributed by atoms with Gasteiger partial charge < -0.3 is 10.4 Å². The smallest absolute Gasteiger partial charge is 0.224 e. The molecule has 100 valence electrons. The molecule has 1 aliphatic carbocycles. The first kappa shape index (κ1) is 14.8. The van der Waals surface area contributed by atoms with E-state index in [0.717, 1.165) is 25.7 Å². The van der Waals surface area contributed by atoms with E-state index >= 15 is 0 Å². The number of nitrogens with one attached hydrogen (secondary N) is 1. The number of carbonyl (C=O) groups excluding carboxylic acids is 1. The third-order valence-electron chi connectivity index (χ3n) is 3.80. The van der Waals surface area contributed by atoms with Crippen LogP contribution in [0.2, 0.25) is 0 Å². The molecule has 0 radical (unpaired) electrons. The number of hydrogen-bond acceptors (Lipinski definition) is 2. The summed E-state index contributed by atoms with van der Waals surface area (Å²) in [5, 5.41) is 13.2. The van der Waals surface area contributed by atoms with E-state index in [0.29, 0.717) is 17.8 Å². The molecule has 1 atom stereocenters. The van der Waals surface area contributed by atoms with Gasteiger partial charge in [-0.2, -0.15) is 0 Å². The van der Waals surface area contributed by atoms with E-state index in [1.54, 1.807) is 6.92 Å². The maximum atomic E-state index is 11.6. The van der Waals surface area contributed by atoms with Crippen molar-refractivity contribution in [3.8, 4) is 0 Å². The molecule has 0 aromatic rings. The van der Waals surface area contributed by atoms with Gasteiger partial charge in [-0.3, -0.25) is 4.79 Å². The van der Waals surface area contributed by atoms with Crippen LogP contribution in [0.4, 0.5) is 0 Å². The summed E-state index contributed by atoms with van der Waals surface area (Å²) in [6, 6.07) is 0. The highest BCUT2D eigenvalue weighted by molar-refractivity contribution is 6.19. The maximum Gasteiger partial charge on any atom is 0.224 e. The third-order valence-corrected chi connectivity index (χ3v) is 4.27. The fourth-order valence-corrected chi connectivity index (χ4v) is 2.21. The molecule has 0 aromatic heterocycles. The van der Waals surface area contributed by atoms with Crippen LogP contribution in [0.3, 0.4) is 0 Å². The van der Waals surface area contributed by atoms with Gasteiger partial charge in [0.1, 0.15) is 0 Å². The molecule has 0 saturated heterocycles. The quantitative estimate of drug-likeness (QED) is 0.763. The number of rotatable bonds is 4. The average Bonchev–Trinajstić information content (AvgIpc) is 2.30. The Kier molecular flexibility index (Phi) is 4.85. The topological polar surface area (TPSA) is 49.3 Å². The minimum absolute atomic E-state index is 0.0711. The number of carbonyl (C=O) groups is 1. The summed E-state index contributed by atoms with van der Waals surface area (Å²) >= 11 is 5.62. The lowest BCUT2D eigenvalue weighted by Gasteiger charge is -2.40. The van der Waals surface area contributed by atoms with Gasteiger partial charge >= 0.3 is 0 Å². The lowest BCUT2D eigenvalue weighted by atomic mass is 9.71. The van der Waals surface area contributed by atoms with Gasteiger partial charge in [-0.05, 0) is 31.1 Å². The second-order valence-corrected chi connectivity index (χ2v) is 6.47. The summed E-state index contributed by atoms with van der Waals surface area (Å²) < 4.78 is 0. The van der Waals surface area contributed by atoms with E-state index in [9.17, 15) is 9.90 Å². The average molecular weight is 262 g/mol. The van der Waals surface area contributed by atoms with Crippen LogP contribution in [0.15, 0.2) is 0 Å². The molecule has 0 heterocycles. The number of amides is 1. The van der Waals surface area contributed by atoms with Gasteiger partial charge in [-0.25, -0.2) is 0 Å². The van der Waals surface area contributed by atoms with E-state index in [4.69, 9.17) is 11.6 Å². The highest BCUT2D eigenvalue weighted by Crippen LogP contribution is 2.39. The molecule has 1 unspecified atom stereocenters. The van der Waals surface area contributed by atoms with Gasteiger partial charge in [0.15, 0.2) is 0 Å². The van der Waals surface area contributed by atoms with Crippen LogP contribution in [0, 0.1) is 11.3 Å². The minimum Gasteiger partial charge on any atom is -0.388 e. The Bertz CT molecular complexity index is 269. The fourth-order valence-electron chi connectivity index (χ4n) is 2.06. The van der Waals surface area contributed by atoms with Crippen molar-refractivity contribution < 1.29 is 9.90 Å². The molecule has 0 aliphatic heterocycles. The molecule has 4 heteroatoms. The Balaban J connectivity index is 2.39. The molecular weight excluding hydrogens is 238 g/mol. The van der Waals surface area contributed by atoms with Crippen molar-refractivity contribution in [1.29, 1.82) is 0 Å². The lowest BCUT2D eigenvalue weighted by molar-refractivity contribution is -0.125. The second-order valence-electron chi connectivity index (χ2n) is 6.16. The molecule has 1 fully saturated rings. The zero-order chi connectivity index (χ0) is 13.1. The molecule has 3 nitrogen and oxygen atoms in total. The van der Waals surface area contributed by atoms with Gasteiger partial charge in [0.2, 0.25) is 5.91 Å². The second kappa shape index (κ2) is 5.57. The number of halogens is 1. The van der Waals surface area contributed by atoms with E-state index < -0.39 is 5.60 Å². The van der Waals surface area contributed by atoms with Crippen LogP contribution in [-0.4, -0.2) is 29.0 Å². The van der Waals surface area contributed by atoms with Crippen molar-refractivity contribution in [2.24, 2.45) is 11.3 Å². The summed E-state index contributed by atoms with van der Waals surface area (Å²) in [7, 11) is 0. The van der Waals surface area contributed by atoms with E-state index in [-0.39, 0.29) is 11.8 Å². The number of hydrogen-bond donors (Lipinski definition) is 2. The van der Waals surface area contributed by atoms with Gasteiger partial charge in [0, 0.05) is 18.3 Å². The van der Waals surface area contributed by atoms with Crippen LogP contribution >= 0.6 is 11.6 Å². The van der Waals surface area contributed by atoms with Crippen LogP contribution in [-0.2, 0) is 4.79 Å². The van der Waals surface area contributed by atoms with Crippen molar-refractivity contribution >= 4 is 17.5 Å². The Labute approximate surface area is 109 Å². The van der Waals surface area contributed by atoms with Crippen molar-refractivity contribution in [1.82, 2.24) is 5.32 Å². The third kappa shape index (κ3) is 4.47. The zero-order valence-electron chi connectivity index (χ0n) is 11.1. The minimum atomic E-state index is -0.725. The van der Waals surface area contributed by atoms with Crippen LogP contribution in [0.1, 0.15) is 46.5 Å². The molecule has 1 saturated carbocycles. The highest BCUT2D eigenvalue weighted by Gasteiger charge is 2.36.